The summed E-state index contributed by atoms with van der Waals surface area (Å²) in [4.78, 5) is 0. The number of nitrogens with zero attached hydrogens (tertiary/aromatic N) is 2. The van der Waals surface area contributed by atoms with Crippen LogP contribution in [0.15, 0.2) is 42.7 Å². The highest BCUT2D eigenvalue weighted by atomic mass is 15.1. The van der Waals surface area contributed by atoms with Crippen LogP contribution in [0.2, 0.25) is 0 Å². The summed E-state index contributed by atoms with van der Waals surface area (Å²) in [6, 6.07) is 11.0. The molecular formula is C39H69N2+. The lowest BCUT2D eigenvalue weighted by atomic mass is 10.0. The first-order valence-corrected chi connectivity index (χ1v) is 18.5. The molecule has 2 nitrogen and oxygen atoms in total. The first kappa shape index (κ1) is 35.6. The highest BCUT2D eigenvalue weighted by Crippen LogP contribution is 2.15. The van der Waals surface area contributed by atoms with Gasteiger partial charge in [0.1, 0.15) is 12.4 Å². The molecule has 0 radical (unpaired) electrons. The van der Waals surface area contributed by atoms with Crippen LogP contribution in [0.1, 0.15) is 179 Å². The van der Waals surface area contributed by atoms with Crippen molar-refractivity contribution in [3.63, 3.8) is 0 Å². The van der Waals surface area contributed by atoms with E-state index in [2.05, 4.69) is 65.7 Å². The summed E-state index contributed by atoms with van der Waals surface area (Å²) < 4.78 is 5.19. The normalized spacial score (nSPS) is 11.5. The molecule has 1 aromatic carbocycles. The van der Waals surface area contributed by atoms with E-state index < -0.39 is 0 Å². The van der Waals surface area contributed by atoms with E-state index in [1.807, 2.05) is 0 Å². The van der Waals surface area contributed by atoms with Gasteiger partial charge in [-0.05, 0) is 37.7 Å². The zero-order chi connectivity index (χ0) is 29.1. The van der Waals surface area contributed by atoms with E-state index in [9.17, 15) is 0 Å². The number of unbranched alkanes of at least 4 members (excludes halogenated alkanes) is 21. The summed E-state index contributed by atoms with van der Waals surface area (Å²) in [6.07, 6.45) is 41.1. The number of hydrogen-bond acceptors (Lipinski definition) is 0. The Morgan fingerprint density at radius 2 is 0.951 bits per heavy atom. The molecule has 0 saturated heterocycles. The molecular weight excluding hydrogens is 496 g/mol. The lowest BCUT2D eigenvalue weighted by Crippen LogP contribution is -2.37. The Hall–Kier alpha value is -1.57. The Balaban J connectivity index is 1.66. The number of aromatic nitrogens is 2. The van der Waals surface area contributed by atoms with Crippen LogP contribution in [0.25, 0.3) is 0 Å². The number of rotatable bonds is 29. The van der Waals surface area contributed by atoms with E-state index >= 15 is 0 Å². The van der Waals surface area contributed by atoms with Crippen molar-refractivity contribution in [2.45, 2.75) is 194 Å². The molecule has 1 heterocycles. The van der Waals surface area contributed by atoms with Gasteiger partial charge in [-0.15, -0.1) is 0 Å². The first-order chi connectivity index (χ1) is 20.3. The van der Waals surface area contributed by atoms with Crippen LogP contribution in [0.5, 0.6) is 0 Å². The van der Waals surface area contributed by atoms with E-state index in [1.54, 1.807) is 5.82 Å². The topological polar surface area (TPSA) is 8.81 Å². The molecule has 234 valence electrons. The minimum Gasteiger partial charge on any atom is -0.234 e. The molecule has 0 atom stereocenters. The molecule has 0 aliphatic rings. The Labute approximate surface area is 256 Å². The highest BCUT2D eigenvalue weighted by Gasteiger charge is 2.16. The molecule has 0 saturated carbocycles. The smallest absolute Gasteiger partial charge is 0.234 e. The van der Waals surface area contributed by atoms with E-state index in [0.29, 0.717) is 0 Å². The predicted octanol–water partition coefficient (Wildman–Crippen LogP) is 12.0. The van der Waals surface area contributed by atoms with E-state index in [4.69, 9.17) is 0 Å². The van der Waals surface area contributed by atoms with Crippen molar-refractivity contribution in [3.05, 3.63) is 54.1 Å². The average Bonchev–Trinajstić information content (AvgIpc) is 3.38. The predicted molar refractivity (Wildman–Crippen MR) is 181 cm³/mol. The monoisotopic (exact) mass is 566 g/mol. The SMILES string of the molecule is CCCCCCCCCCCCCCn1cc[n+](CCCc2ccccc2)c1CCCCCCCCCCCCC. The number of aryl methyl sites for hydroxylation is 3. The fourth-order valence-corrected chi connectivity index (χ4v) is 6.36. The third-order valence-corrected chi connectivity index (χ3v) is 9.05. The summed E-state index contributed by atoms with van der Waals surface area (Å²) in [7, 11) is 0. The van der Waals surface area contributed by atoms with Gasteiger partial charge in [-0.2, -0.15) is 0 Å². The van der Waals surface area contributed by atoms with Crippen molar-refractivity contribution >= 4 is 0 Å². The molecule has 0 bridgehead atoms. The Morgan fingerprint density at radius 1 is 0.488 bits per heavy atom. The largest absolute Gasteiger partial charge is 0.256 e. The van der Waals surface area contributed by atoms with Crippen LogP contribution >= 0.6 is 0 Å². The van der Waals surface area contributed by atoms with Gasteiger partial charge in [-0.1, -0.05) is 173 Å². The second kappa shape index (κ2) is 26.1. The van der Waals surface area contributed by atoms with E-state index in [0.717, 1.165) is 6.54 Å². The summed E-state index contributed by atoms with van der Waals surface area (Å²) >= 11 is 0. The molecule has 0 N–H and O–H groups in total. The maximum atomic E-state index is 2.61. The van der Waals surface area contributed by atoms with Crippen LogP contribution in [0.4, 0.5) is 0 Å². The number of benzene rings is 1. The number of imidazole rings is 1. The summed E-state index contributed by atoms with van der Waals surface area (Å²) in [5.41, 5.74) is 1.47. The molecule has 0 unspecified atom stereocenters. The van der Waals surface area contributed by atoms with Crippen molar-refractivity contribution in [1.29, 1.82) is 0 Å². The van der Waals surface area contributed by atoms with Gasteiger partial charge in [0.2, 0.25) is 0 Å². The van der Waals surface area contributed by atoms with Gasteiger partial charge in [-0.3, -0.25) is 0 Å². The third kappa shape index (κ3) is 18.6. The van der Waals surface area contributed by atoms with Crippen LogP contribution in [0, 0.1) is 0 Å². The fourth-order valence-electron chi connectivity index (χ4n) is 6.36. The van der Waals surface area contributed by atoms with Gasteiger partial charge in [0.05, 0.1) is 13.1 Å². The average molecular weight is 566 g/mol. The molecule has 2 heteroatoms. The van der Waals surface area contributed by atoms with Crippen molar-refractivity contribution in [1.82, 2.24) is 4.57 Å². The van der Waals surface area contributed by atoms with Gasteiger partial charge in [0, 0.05) is 6.42 Å². The molecule has 0 fully saturated rings. The highest BCUT2D eigenvalue weighted by molar-refractivity contribution is 5.14. The summed E-state index contributed by atoms with van der Waals surface area (Å²) in [5.74, 6) is 1.58. The van der Waals surface area contributed by atoms with Crippen LogP contribution in [-0.2, 0) is 25.9 Å². The van der Waals surface area contributed by atoms with Gasteiger partial charge >= 0.3 is 0 Å². The van der Waals surface area contributed by atoms with Crippen LogP contribution in [0.3, 0.4) is 0 Å². The minimum absolute atomic E-state index is 1.15. The van der Waals surface area contributed by atoms with E-state index in [-0.39, 0.29) is 0 Å². The molecule has 0 aliphatic heterocycles. The third-order valence-electron chi connectivity index (χ3n) is 9.05. The zero-order valence-corrected chi connectivity index (χ0v) is 27.7. The summed E-state index contributed by atoms with van der Waals surface area (Å²) in [6.45, 7) is 6.97. The quantitative estimate of drug-likeness (QED) is 0.0685. The Kier molecular flexibility index (Phi) is 22.7. The lowest BCUT2D eigenvalue weighted by molar-refractivity contribution is -0.704. The van der Waals surface area contributed by atoms with Crippen molar-refractivity contribution in [3.8, 4) is 0 Å². The summed E-state index contributed by atoms with van der Waals surface area (Å²) in [5, 5.41) is 0. The van der Waals surface area contributed by atoms with Crippen LogP contribution < -0.4 is 4.57 Å². The lowest BCUT2D eigenvalue weighted by Gasteiger charge is -2.07. The van der Waals surface area contributed by atoms with Crippen molar-refractivity contribution in [2.75, 3.05) is 0 Å². The fraction of sp³-hybridized carbons (Fsp3) is 0.769. The van der Waals surface area contributed by atoms with Gasteiger partial charge < -0.3 is 0 Å². The number of hydrogen-bond donors (Lipinski definition) is 0. The molecule has 0 aliphatic carbocycles. The molecule has 41 heavy (non-hydrogen) atoms. The maximum absolute atomic E-state index is 2.61. The standard InChI is InChI=1S/C39H69N2/c1-3-5-7-9-11-13-15-17-19-21-23-28-34-40-36-37-41(35-29-32-38-30-25-24-26-31-38)39(40)33-27-22-20-18-16-14-12-10-8-6-4-2/h24-26,30-31,36-37H,3-23,27-29,32-35H2,1-2H3/q+1. The van der Waals surface area contributed by atoms with E-state index in [1.165, 1.54) is 179 Å². The van der Waals surface area contributed by atoms with Gasteiger partial charge in [-0.25, -0.2) is 9.13 Å². The first-order valence-electron chi connectivity index (χ1n) is 18.5. The Bertz CT molecular complexity index is 808. The molecule has 2 rings (SSSR count). The second-order valence-corrected chi connectivity index (χ2v) is 12.9. The van der Waals surface area contributed by atoms with Crippen LogP contribution in [-0.4, -0.2) is 4.57 Å². The molecule has 0 amide bonds. The van der Waals surface area contributed by atoms with Gasteiger partial charge in [0.25, 0.3) is 5.82 Å². The molecule has 1 aromatic heterocycles. The zero-order valence-electron chi connectivity index (χ0n) is 27.7. The maximum Gasteiger partial charge on any atom is 0.256 e. The van der Waals surface area contributed by atoms with Crippen molar-refractivity contribution in [2.24, 2.45) is 0 Å². The Morgan fingerprint density at radius 3 is 1.46 bits per heavy atom. The molecule has 0 spiro atoms. The molecule has 2 aromatic rings. The second-order valence-electron chi connectivity index (χ2n) is 12.9. The minimum atomic E-state index is 1.15. The van der Waals surface area contributed by atoms with Crippen molar-refractivity contribution < 1.29 is 4.57 Å². The van der Waals surface area contributed by atoms with Gasteiger partial charge in [0.15, 0.2) is 0 Å².